The average molecular weight is 525 g/mol. The Morgan fingerprint density at radius 2 is 1.82 bits per heavy atom. The molecule has 6 nitrogen and oxygen atoms in total. The van der Waals surface area contributed by atoms with Crippen molar-refractivity contribution in [3.05, 3.63) is 112 Å². The van der Waals surface area contributed by atoms with E-state index in [4.69, 9.17) is 11.6 Å². The molecule has 38 heavy (non-hydrogen) atoms. The lowest BCUT2D eigenvalue weighted by Crippen LogP contribution is -2.35. The predicted octanol–water partition coefficient (Wildman–Crippen LogP) is 6.23. The summed E-state index contributed by atoms with van der Waals surface area (Å²) in [6.07, 6.45) is 6.35. The molecule has 0 bridgehead atoms. The van der Waals surface area contributed by atoms with Crippen molar-refractivity contribution in [3.63, 3.8) is 0 Å². The molecule has 5 rings (SSSR count). The summed E-state index contributed by atoms with van der Waals surface area (Å²) >= 11 is 6.25. The Bertz CT molecular complexity index is 1680. The molecule has 0 aliphatic carbocycles. The number of amides is 2. The lowest BCUT2D eigenvalue weighted by molar-refractivity contribution is -0.117. The number of benzene rings is 3. The molecule has 7 heteroatoms. The van der Waals surface area contributed by atoms with E-state index >= 15 is 0 Å². The summed E-state index contributed by atoms with van der Waals surface area (Å²) in [5.74, 6) is -0.807. The second-order valence-corrected chi connectivity index (χ2v) is 9.66. The van der Waals surface area contributed by atoms with Crippen LogP contribution in [0.3, 0.4) is 0 Å². The van der Waals surface area contributed by atoms with Gasteiger partial charge in [-0.15, -0.1) is 0 Å². The average Bonchev–Trinajstić information content (AvgIpc) is 3.49. The molecule has 0 unspecified atom stereocenters. The summed E-state index contributed by atoms with van der Waals surface area (Å²) in [7, 11) is 0. The number of aryl methyl sites for hydroxylation is 2. The summed E-state index contributed by atoms with van der Waals surface area (Å²) in [6, 6.07) is 21.1. The first-order chi connectivity index (χ1) is 18.4. The molecule has 0 atom stereocenters. The van der Waals surface area contributed by atoms with Crippen LogP contribution in [0.2, 0.25) is 5.02 Å². The Morgan fingerprint density at radius 3 is 2.63 bits per heavy atom. The Hall–Kier alpha value is -4.29. The van der Waals surface area contributed by atoms with E-state index in [1.807, 2.05) is 36.7 Å². The highest BCUT2D eigenvalue weighted by Gasteiger charge is 2.18. The Kier molecular flexibility index (Phi) is 7.33. The van der Waals surface area contributed by atoms with E-state index in [9.17, 15) is 9.59 Å². The molecule has 2 amide bonds. The van der Waals surface area contributed by atoms with Gasteiger partial charge in [0.05, 0.1) is 10.6 Å². The van der Waals surface area contributed by atoms with Gasteiger partial charge >= 0.3 is 0 Å². The summed E-state index contributed by atoms with van der Waals surface area (Å²) in [4.78, 5) is 29.8. The minimum atomic E-state index is -0.441. The molecule has 0 aliphatic rings. The molecular formula is C31H29ClN4O2. The molecule has 0 radical (unpaired) electrons. The number of nitrogens with zero attached hydrogens (tertiary/aromatic N) is 1. The van der Waals surface area contributed by atoms with Crippen molar-refractivity contribution in [1.82, 2.24) is 20.2 Å². The largest absolute Gasteiger partial charge is 0.361 e. The molecule has 5 aromatic rings. The molecule has 192 valence electrons. The number of aromatic amines is 1. The third-order valence-electron chi connectivity index (χ3n) is 6.67. The van der Waals surface area contributed by atoms with E-state index in [2.05, 4.69) is 52.2 Å². The van der Waals surface area contributed by atoms with E-state index in [0.29, 0.717) is 23.6 Å². The Morgan fingerprint density at radius 1 is 1.03 bits per heavy atom. The zero-order valence-corrected chi connectivity index (χ0v) is 22.1. The van der Waals surface area contributed by atoms with Crippen molar-refractivity contribution in [1.29, 1.82) is 0 Å². The van der Waals surface area contributed by atoms with Gasteiger partial charge in [0, 0.05) is 52.9 Å². The van der Waals surface area contributed by atoms with Crippen LogP contribution in [0.15, 0.2) is 84.8 Å². The molecule has 0 aliphatic heterocycles. The zero-order valence-electron chi connectivity index (χ0n) is 21.3. The highest BCUT2D eigenvalue weighted by Crippen LogP contribution is 2.24. The quantitative estimate of drug-likeness (QED) is 0.210. The minimum absolute atomic E-state index is 0.156. The maximum Gasteiger partial charge on any atom is 0.267 e. The molecule has 2 heterocycles. The minimum Gasteiger partial charge on any atom is -0.361 e. The van der Waals surface area contributed by atoms with Crippen LogP contribution < -0.4 is 10.6 Å². The number of fused-ring (bicyclic) bond motifs is 2. The van der Waals surface area contributed by atoms with Crippen LogP contribution in [0.4, 0.5) is 0 Å². The first-order valence-electron chi connectivity index (χ1n) is 12.6. The van der Waals surface area contributed by atoms with E-state index in [1.165, 1.54) is 5.56 Å². The first kappa shape index (κ1) is 25.4. The molecule has 2 aromatic heterocycles. The van der Waals surface area contributed by atoms with Crippen LogP contribution in [0.5, 0.6) is 0 Å². The van der Waals surface area contributed by atoms with Crippen LogP contribution in [0.25, 0.3) is 27.9 Å². The number of nitrogens with one attached hydrogen (secondary N) is 3. The van der Waals surface area contributed by atoms with Crippen molar-refractivity contribution >= 4 is 51.3 Å². The number of halogens is 1. The second-order valence-electron chi connectivity index (χ2n) is 9.25. The van der Waals surface area contributed by atoms with Crippen molar-refractivity contribution < 1.29 is 9.59 Å². The van der Waals surface area contributed by atoms with Crippen LogP contribution >= 0.6 is 11.6 Å². The standard InChI is InChI=1S/C31H29ClN4O2/c1-3-36-19-22(23-8-5-7-11-29(23)36)17-28(35-30(37)24-9-4-6-10-26(24)32)31(38)33-15-14-21-18-34-27-13-12-20(2)16-25(21)27/h4-13,16-19,34H,3,14-15H2,1-2H3,(H,33,38)(H,35,37)/b28-17-. The van der Waals surface area contributed by atoms with Crippen LogP contribution in [0, 0.1) is 6.92 Å². The maximum absolute atomic E-state index is 13.4. The zero-order chi connectivity index (χ0) is 26.6. The van der Waals surface area contributed by atoms with Crippen molar-refractivity contribution in [2.24, 2.45) is 0 Å². The molecule has 0 spiro atoms. The van der Waals surface area contributed by atoms with Gasteiger partial charge in [-0.25, -0.2) is 0 Å². The fourth-order valence-electron chi connectivity index (χ4n) is 4.71. The first-order valence-corrected chi connectivity index (χ1v) is 13.0. The summed E-state index contributed by atoms with van der Waals surface area (Å²) in [5.41, 5.74) is 5.74. The van der Waals surface area contributed by atoms with Gasteiger partial charge in [0.2, 0.25) is 0 Å². The number of H-pyrrole nitrogens is 1. The normalized spacial score (nSPS) is 11.7. The van der Waals surface area contributed by atoms with Crippen molar-refractivity contribution in [3.8, 4) is 0 Å². The van der Waals surface area contributed by atoms with Gasteiger partial charge in [0.1, 0.15) is 5.70 Å². The third-order valence-corrected chi connectivity index (χ3v) is 7.00. The second kappa shape index (κ2) is 11.0. The SMILES string of the molecule is CCn1cc(/C=C(\NC(=O)c2ccccc2Cl)C(=O)NCCc2c[nH]c3ccc(C)cc23)c2ccccc21. The third kappa shape index (κ3) is 5.22. The maximum atomic E-state index is 13.4. The van der Waals surface area contributed by atoms with Gasteiger partial charge in [0.25, 0.3) is 11.8 Å². The van der Waals surface area contributed by atoms with E-state index in [0.717, 1.165) is 39.5 Å². The van der Waals surface area contributed by atoms with Crippen LogP contribution in [-0.4, -0.2) is 27.9 Å². The Balaban J connectivity index is 1.42. The number of hydrogen-bond acceptors (Lipinski definition) is 2. The number of hydrogen-bond donors (Lipinski definition) is 3. The summed E-state index contributed by atoms with van der Waals surface area (Å²) < 4.78 is 2.12. The molecular weight excluding hydrogens is 496 g/mol. The molecule has 0 saturated heterocycles. The number of carbonyl (C=O) groups is 2. The summed E-state index contributed by atoms with van der Waals surface area (Å²) in [6.45, 7) is 5.33. The van der Waals surface area contributed by atoms with Gasteiger partial charge in [-0.2, -0.15) is 0 Å². The number of para-hydroxylation sites is 1. The van der Waals surface area contributed by atoms with E-state index in [-0.39, 0.29) is 11.6 Å². The highest BCUT2D eigenvalue weighted by atomic mass is 35.5. The number of aromatic nitrogens is 2. The van der Waals surface area contributed by atoms with Gasteiger partial charge in [-0.05, 0) is 62.2 Å². The van der Waals surface area contributed by atoms with Gasteiger partial charge < -0.3 is 20.2 Å². The molecule has 0 saturated carbocycles. The van der Waals surface area contributed by atoms with E-state index < -0.39 is 5.91 Å². The van der Waals surface area contributed by atoms with Gasteiger partial charge in [-0.3, -0.25) is 9.59 Å². The van der Waals surface area contributed by atoms with Crippen LogP contribution in [0.1, 0.15) is 34.0 Å². The van der Waals surface area contributed by atoms with E-state index in [1.54, 1.807) is 30.3 Å². The topological polar surface area (TPSA) is 78.9 Å². The highest BCUT2D eigenvalue weighted by molar-refractivity contribution is 6.34. The lowest BCUT2D eigenvalue weighted by Gasteiger charge is -2.12. The number of rotatable bonds is 8. The Labute approximate surface area is 226 Å². The number of carbonyl (C=O) groups excluding carboxylic acids is 2. The summed E-state index contributed by atoms with van der Waals surface area (Å²) in [5, 5.41) is 8.26. The van der Waals surface area contributed by atoms with Gasteiger partial charge in [-0.1, -0.05) is 53.6 Å². The fourth-order valence-corrected chi connectivity index (χ4v) is 4.93. The fraction of sp³-hybridized carbons (Fsp3) is 0.161. The van der Waals surface area contributed by atoms with Crippen LogP contribution in [-0.2, 0) is 17.8 Å². The molecule has 3 N–H and O–H groups in total. The monoisotopic (exact) mass is 524 g/mol. The molecule has 3 aromatic carbocycles. The van der Waals surface area contributed by atoms with Crippen molar-refractivity contribution in [2.75, 3.05) is 6.54 Å². The predicted molar refractivity (Wildman–Crippen MR) is 154 cm³/mol. The van der Waals surface area contributed by atoms with Gasteiger partial charge in [0.15, 0.2) is 0 Å². The van der Waals surface area contributed by atoms with Crippen molar-refractivity contribution in [2.45, 2.75) is 26.8 Å². The lowest BCUT2D eigenvalue weighted by atomic mass is 10.1. The molecule has 0 fully saturated rings. The smallest absolute Gasteiger partial charge is 0.267 e.